The first-order valence-electron chi connectivity index (χ1n) is 8.13. The molecule has 3 nitrogen and oxygen atoms in total. The molecule has 0 aliphatic rings. The molecule has 0 fully saturated rings. The number of fused-ring (bicyclic) bond motifs is 1. The molecule has 26 heavy (non-hydrogen) atoms. The van der Waals surface area contributed by atoms with Gasteiger partial charge >= 0.3 is 6.18 Å². The largest absolute Gasteiger partial charge is 0.417 e. The van der Waals surface area contributed by atoms with Gasteiger partial charge in [-0.1, -0.05) is 37.3 Å². The number of hydrogen-bond donors (Lipinski definition) is 0. The van der Waals surface area contributed by atoms with E-state index >= 15 is 0 Å². The van der Waals surface area contributed by atoms with Crippen molar-refractivity contribution in [2.75, 3.05) is 11.5 Å². The van der Waals surface area contributed by atoms with Gasteiger partial charge in [0.1, 0.15) is 11.3 Å². The van der Waals surface area contributed by atoms with Crippen LogP contribution < -0.4 is 0 Å². The van der Waals surface area contributed by atoms with E-state index in [2.05, 4.69) is 16.9 Å². The molecule has 0 spiro atoms. The van der Waals surface area contributed by atoms with Crippen LogP contribution in [-0.4, -0.2) is 26.0 Å². The molecule has 0 N–H and O–H groups in total. The van der Waals surface area contributed by atoms with Crippen molar-refractivity contribution in [1.82, 2.24) is 14.5 Å². The lowest BCUT2D eigenvalue weighted by Crippen LogP contribution is -2.05. The molecule has 0 saturated carbocycles. The van der Waals surface area contributed by atoms with Crippen LogP contribution in [-0.2, 0) is 13.2 Å². The average Bonchev–Trinajstić information content (AvgIpc) is 2.95. The smallest absolute Gasteiger partial charge is 0.312 e. The highest BCUT2D eigenvalue weighted by Gasteiger charge is 2.31. The summed E-state index contributed by atoms with van der Waals surface area (Å²) in [5, 5.41) is 0. The molecule has 136 valence electrons. The molecule has 3 rings (SSSR count). The third-order valence-corrected chi connectivity index (χ3v) is 4.85. The van der Waals surface area contributed by atoms with E-state index in [1.807, 2.05) is 36.4 Å². The number of alkyl halides is 3. The number of nitrogens with zero attached hydrogens (tertiary/aromatic N) is 3. The number of aromatic nitrogens is 3. The summed E-state index contributed by atoms with van der Waals surface area (Å²) in [6.45, 7) is 2.07. The fourth-order valence-corrected chi connectivity index (χ4v) is 3.29. The van der Waals surface area contributed by atoms with Gasteiger partial charge < -0.3 is 4.57 Å². The van der Waals surface area contributed by atoms with Crippen molar-refractivity contribution in [2.24, 2.45) is 7.05 Å². The van der Waals surface area contributed by atoms with Gasteiger partial charge in [-0.3, -0.25) is 0 Å². The topological polar surface area (TPSA) is 30.7 Å². The van der Waals surface area contributed by atoms with Crippen LogP contribution in [0.3, 0.4) is 0 Å². The van der Waals surface area contributed by atoms with E-state index in [9.17, 15) is 13.2 Å². The van der Waals surface area contributed by atoms with E-state index in [0.29, 0.717) is 17.2 Å². The fraction of sp³-hybridized carbons (Fsp3) is 0.263. The van der Waals surface area contributed by atoms with Gasteiger partial charge in [0.05, 0.1) is 5.56 Å². The quantitative estimate of drug-likeness (QED) is 0.606. The number of imidazole rings is 1. The predicted molar refractivity (Wildman–Crippen MR) is 101 cm³/mol. The summed E-state index contributed by atoms with van der Waals surface area (Å²) in [5.74, 6) is 2.29. The molecule has 0 aliphatic heterocycles. The Hall–Kier alpha value is -2.28. The lowest BCUT2D eigenvalue weighted by Gasteiger charge is -2.08. The first kappa shape index (κ1) is 18.5. The van der Waals surface area contributed by atoms with Gasteiger partial charge in [0.15, 0.2) is 5.65 Å². The number of halogens is 3. The lowest BCUT2D eigenvalue weighted by atomic mass is 10.1. The van der Waals surface area contributed by atoms with Crippen molar-refractivity contribution >= 4 is 34.6 Å². The van der Waals surface area contributed by atoms with Crippen molar-refractivity contribution in [1.29, 1.82) is 0 Å². The van der Waals surface area contributed by atoms with Crippen LogP contribution in [0.1, 0.15) is 23.9 Å². The summed E-state index contributed by atoms with van der Waals surface area (Å²) in [7, 11) is 1.78. The summed E-state index contributed by atoms with van der Waals surface area (Å²) in [4.78, 5) is 8.44. The van der Waals surface area contributed by atoms with Crippen molar-refractivity contribution in [2.45, 2.75) is 13.1 Å². The molecule has 0 aliphatic carbocycles. The second kappa shape index (κ2) is 7.53. The molecule has 7 heteroatoms. The Morgan fingerprint density at radius 1 is 1.23 bits per heavy atom. The maximum absolute atomic E-state index is 12.9. The van der Waals surface area contributed by atoms with Gasteiger partial charge in [-0.2, -0.15) is 24.9 Å². The van der Waals surface area contributed by atoms with Crippen molar-refractivity contribution in [3.8, 4) is 0 Å². The molecule has 0 amide bonds. The van der Waals surface area contributed by atoms with E-state index in [0.717, 1.165) is 29.2 Å². The highest BCUT2D eigenvalue weighted by molar-refractivity contribution is 7.99. The lowest BCUT2D eigenvalue weighted by molar-refractivity contribution is -0.137. The summed E-state index contributed by atoms with van der Waals surface area (Å²) < 4.78 is 40.6. The van der Waals surface area contributed by atoms with Crippen LogP contribution in [0.2, 0.25) is 0 Å². The molecule has 2 aromatic heterocycles. The van der Waals surface area contributed by atoms with Gasteiger partial charge in [0.2, 0.25) is 0 Å². The number of thioether (sulfide) groups is 1. The van der Waals surface area contributed by atoms with E-state index in [1.54, 1.807) is 23.4 Å². The van der Waals surface area contributed by atoms with Gasteiger partial charge in [0.25, 0.3) is 0 Å². The van der Waals surface area contributed by atoms with Gasteiger partial charge in [-0.05, 0) is 23.5 Å². The zero-order valence-electron chi connectivity index (χ0n) is 14.4. The molecular weight excluding hydrogens is 359 g/mol. The summed E-state index contributed by atoms with van der Waals surface area (Å²) in [6.07, 6.45) is -1.55. The SMILES string of the molecule is CCSC/C(=C\c1ccccc1)c1nc2cc(C(F)(F)F)cnc2n1C. The minimum Gasteiger partial charge on any atom is -0.312 e. The van der Waals surface area contributed by atoms with Crippen molar-refractivity contribution in [3.05, 3.63) is 59.5 Å². The van der Waals surface area contributed by atoms with E-state index in [4.69, 9.17) is 0 Å². The molecule has 3 aromatic rings. The zero-order chi connectivity index (χ0) is 18.7. The molecule has 0 atom stereocenters. The highest BCUT2D eigenvalue weighted by atomic mass is 32.2. The third kappa shape index (κ3) is 3.93. The van der Waals surface area contributed by atoms with E-state index in [-0.39, 0.29) is 5.52 Å². The Morgan fingerprint density at radius 2 is 1.96 bits per heavy atom. The van der Waals surface area contributed by atoms with E-state index in [1.165, 1.54) is 0 Å². The predicted octanol–water partition coefficient (Wildman–Crippen LogP) is 5.28. The number of rotatable bonds is 5. The van der Waals surface area contributed by atoms with Gasteiger partial charge in [-0.15, -0.1) is 0 Å². The Balaban J connectivity index is 2.10. The number of hydrogen-bond acceptors (Lipinski definition) is 3. The second-order valence-electron chi connectivity index (χ2n) is 5.78. The maximum atomic E-state index is 12.9. The van der Waals surface area contributed by atoms with Crippen LogP contribution in [0.4, 0.5) is 13.2 Å². The molecule has 0 saturated heterocycles. The average molecular weight is 377 g/mol. The number of benzene rings is 1. The third-order valence-electron chi connectivity index (χ3n) is 3.93. The van der Waals surface area contributed by atoms with E-state index < -0.39 is 11.7 Å². The molecular formula is C19H18F3N3S. The fourth-order valence-electron chi connectivity index (χ4n) is 2.65. The Bertz CT molecular complexity index is 930. The number of pyridine rings is 1. The Kier molecular flexibility index (Phi) is 5.36. The molecule has 0 unspecified atom stereocenters. The molecule has 2 heterocycles. The van der Waals surface area contributed by atoms with Gasteiger partial charge in [-0.25, -0.2) is 9.97 Å². The highest BCUT2D eigenvalue weighted by Crippen LogP contribution is 2.31. The first-order valence-corrected chi connectivity index (χ1v) is 9.29. The van der Waals surface area contributed by atoms with Crippen molar-refractivity contribution in [3.63, 3.8) is 0 Å². The van der Waals surface area contributed by atoms with Gasteiger partial charge in [0, 0.05) is 24.6 Å². The summed E-state index contributed by atoms with van der Waals surface area (Å²) in [6, 6.07) is 10.9. The maximum Gasteiger partial charge on any atom is 0.417 e. The standard InChI is InChI=1S/C19H18F3N3S/c1-3-26-12-14(9-13-7-5-4-6-8-13)17-24-16-10-15(19(20,21)22)11-23-18(16)25(17)2/h4-11H,3,12H2,1-2H3/b14-9+. The van der Waals surface area contributed by atoms with Crippen LogP contribution in [0, 0.1) is 0 Å². The van der Waals surface area contributed by atoms with Crippen LogP contribution in [0.5, 0.6) is 0 Å². The Morgan fingerprint density at radius 3 is 2.62 bits per heavy atom. The number of aryl methyl sites for hydroxylation is 1. The molecule has 0 bridgehead atoms. The summed E-state index contributed by atoms with van der Waals surface area (Å²) >= 11 is 1.73. The van der Waals surface area contributed by atoms with Crippen LogP contribution >= 0.6 is 11.8 Å². The zero-order valence-corrected chi connectivity index (χ0v) is 15.2. The minimum absolute atomic E-state index is 0.248. The first-order chi connectivity index (χ1) is 12.4. The van der Waals surface area contributed by atoms with Crippen LogP contribution in [0.15, 0.2) is 42.6 Å². The van der Waals surface area contributed by atoms with Crippen molar-refractivity contribution < 1.29 is 13.2 Å². The molecule has 1 aromatic carbocycles. The summed E-state index contributed by atoms with van der Waals surface area (Å²) in [5.41, 5.74) is 1.88. The second-order valence-corrected chi connectivity index (χ2v) is 7.05. The minimum atomic E-state index is -4.43. The Labute approximate surface area is 154 Å². The monoisotopic (exact) mass is 377 g/mol. The van der Waals surface area contributed by atoms with Crippen LogP contribution in [0.25, 0.3) is 22.8 Å². The molecule has 0 radical (unpaired) electrons. The normalized spacial score (nSPS) is 12.7.